The second-order valence-corrected chi connectivity index (χ2v) is 27.0. The number of amides is 4. The number of ether oxygens (including phenoxy) is 4. The number of halogens is 1. The Morgan fingerprint density at radius 2 is 0.904 bits per heavy atom. The molecule has 0 saturated heterocycles. The normalized spacial score (nSPS) is 12.8. The molecule has 4 amide bonds. The lowest BCUT2D eigenvalue weighted by molar-refractivity contribution is -0.425. The molecule has 0 aliphatic rings. The smallest absolute Gasteiger partial charge is 0.416 e. The van der Waals surface area contributed by atoms with Gasteiger partial charge in [-0.2, -0.15) is 0 Å². The third-order valence-electron chi connectivity index (χ3n) is 16.3. The minimum Gasteiger partial charge on any atom is -1.00 e. The largest absolute Gasteiger partial charge is 1.00 e. The van der Waals surface area contributed by atoms with Crippen LogP contribution < -0.4 is 38.6 Å². The number of carbonyl (C=O) groups is 8. The molecule has 0 spiro atoms. The number of aliphatic carboxylic acids is 1. The number of carboxylic acid groups (broad SMARTS) is 1. The van der Waals surface area contributed by atoms with E-state index < -0.39 is 83.1 Å². The maximum atomic E-state index is 13.6. The molecule has 0 aliphatic heterocycles. The van der Waals surface area contributed by atoms with Crippen molar-refractivity contribution in [3.05, 3.63) is 180 Å². The number of pyridine rings is 2. The molecule has 10 N–H and O–H groups in total. The monoisotopic (exact) mass is 1450 g/mol. The molecule has 0 saturated carbocycles. The van der Waals surface area contributed by atoms with Crippen molar-refractivity contribution in [2.45, 2.75) is 162 Å². The molecule has 24 nitrogen and oxygen atoms in total. The van der Waals surface area contributed by atoms with Crippen molar-refractivity contribution in [2.24, 2.45) is 0 Å². The number of aliphatic hydroxyl groups excluding tert-OH is 2. The number of anilines is 2. The first-order valence-corrected chi connectivity index (χ1v) is 33.8. The Morgan fingerprint density at radius 1 is 0.519 bits per heavy atom. The van der Waals surface area contributed by atoms with Gasteiger partial charge in [0, 0.05) is 67.0 Å². The second kappa shape index (κ2) is 39.2. The topological polar surface area (TPSA) is 359 Å². The standard InChI is InChI=1S/C40H47N3O8.C20H19NO3.C19H29N3O6.ClH/c1-25-19-20-41-35(22-25)43(39(49)51-40(3,4)5)21-9-12-36(47)42-38(26(2)44)34(46)23-29(24-37(48)50-6)27-13-15-28(16-14-27)30-17-18-33(45)32-11-8-7-10-31(30)32;1-24-20(23)12-18(21)14-8-6-13(7-9-14)15-10-11-19(22)17-5-3-2-4-16(15)17;1-12-8-9-20-14(11-12)22(18(27)28-19(3,4)5)10-6-7-15(24)21-16(13(2)23)17(25)26;/h7-8,10-11,13-20,22,26,29,38,44-45H,9,12,21,23-24H2,1-6H3,(H,42,47);2-11,18,22H,12,21H2,1H3;8-9,11,13,16,23H,6-7,10H2,1-5H3,(H,21,24)(H,25,26);1H/t26-,29+,38+;18-;13-,16+;/m101./s1. The van der Waals surface area contributed by atoms with Gasteiger partial charge in [0.05, 0.1) is 32.8 Å². The number of benzene rings is 6. The van der Waals surface area contributed by atoms with E-state index in [1.807, 2.05) is 129 Å². The van der Waals surface area contributed by atoms with Gasteiger partial charge in [-0.1, -0.05) is 109 Å². The first kappa shape index (κ1) is 84.1. The summed E-state index contributed by atoms with van der Waals surface area (Å²) in [4.78, 5) is 110. The number of esters is 2. The van der Waals surface area contributed by atoms with Crippen LogP contribution in [0.25, 0.3) is 43.8 Å². The molecular formula is C79H96ClN7O17. The Balaban J connectivity index is 0.000000308. The number of ketones is 1. The highest BCUT2D eigenvalue weighted by Gasteiger charge is 2.32. The molecule has 0 aliphatic carbocycles. The molecule has 8 aromatic rings. The van der Waals surface area contributed by atoms with Crippen LogP contribution in [-0.2, 0) is 47.7 Å². The summed E-state index contributed by atoms with van der Waals surface area (Å²) in [5.74, 6) is -2.86. The van der Waals surface area contributed by atoms with E-state index in [4.69, 9.17) is 24.1 Å². The number of nitrogens with zero attached hydrogens (tertiary/aromatic N) is 4. The van der Waals surface area contributed by atoms with Gasteiger partial charge < -0.3 is 73.3 Å². The summed E-state index contributed by atoms with van der Waals surface area (Å²) in [6.07, 6.45) is 0.00765. The van der Waals surface area contributed by atoms with Crippen molar-refractivity contribution in [3.8, 4) is 33.8 Å². The number of hydrogen-bond acceptors (Lipinski definition) is 18. The van der Waals surface area contributed by atoms with Gasteiger partial charge in [-0.3, -0.25) is 33.8 Å². The molecule has 104 heavy (non-hydrogen) atoms. The van der Waals surface area contributed by atoms with Gasteiger partial charge in [-0.15, -0.1) is 0 Å². The van der Waals surface area contributed by atoms with Gasteiger partial charge in [0.25, 0.3) is 0 Å². The van der Waals surface area contributed by atoms with E-state index in [2.05, 4.69) is 26.3 Å². The minimum atomic E-state index is -1.38. The fourth-order valence-corrected chi connectivity index (χ4v) is 11.0. The zero-order valence-corrected chi connectivity index (χ0v) is 61.6. The number of fused-ring (bicyclic) bond motifs is 2. The first-order valence-electron chi connectivity index (χ1n) is 33.8. The number of hydrogen-bond donors (Lipinski definition) is 8. The number of aromatic nitrogens is 2. The summed E-state index contributed by atoms with van der Waals surface area (Å²) in [6, 6.07) is 42.3. The number of aromatic hydroxyl groups is 2. The molecule has 556 valence electrons. The Morgan fingerprint density at radius 3 is 1.28 bits per heavy atom. The van der Waals surface area contributed by atoms with E-state index in [0.29, 0.717) is 17.2 Å². The van der Waals surface area contributed by atoms with Crippen molar-refractivity contribution >= 4 is 80.9 Å². The van der Waals surface area contributed by atoms with Gasteiger partial charge in [0.2, 0.25) is 11.8 Å². The van der Waals surface area contributed by atoms with E-state index in [1.54, 1.807) is 84.3 Å². The van der Waals surface area contributed by atoms with E-state index in [-0.39, 0.29) is 94.0 Å². The van der Waals surface area contributed by atoms with Gasteiger partial charge in [-0.05, 0) is 168 Å². The minimum absolute atomic E-state index is 0. The van der Waals surface area contributed by atoms with Crippen LogP contribution in [0.15, 0.2) is 158 Å². The highest BCUT2D eigenvalue weighted by Crippen LogP contribution is 2.37. The molecule has 0 radical (unpaired) electrons. The Bertz CT molecular complexity index is 4230. The first-order chi connectivity index (χ1) is 48.7. The lowest BCUT2D eigenvalue weighted by Crippen LogP contribution is -3.00. The van der Waals surface area contributed by atoms with Crippen molar-refractivity contribution in [2.75, 3.05) is 37.1 Å². The number of quaternary nitrogens is 1. The number of aryl methyl sites for hydroxylation is 2. The van der Waals surface area contributed by atoms with Crippen LogP contribution in [0.4, 0.5) is 21.2 Å². The fraction of sp³-hybridized carbons (Fsp3) is 0.367. The number of methoxy groups -OCH3 is 2. The number of phenols is 2. The van der Waals surface area contributed by atoms with Crippen LogP contribution in [0.2, 0.25) is 0 Å². The Labute approximate surface area is 612 Å². The summed E-state index contributed by atoms with van der Waals surface area (Å²) < 4.78 is 20.6. The highest BCUT2D eigenvalue weighted by atomic mass is 35.5. The Hall–Kier alpha value is -10.5. The lowest BCUT2D eigenvalue weighted by Gasteiger charge is -2.27. The number of carboxylic acids is 1. The molecule has 6 atom stereocenters. The van der Waals surface area contributed by atoms with E-state index in [0.717, 1.165) is 60.5 Å². The predicted octanol–water partition coefficient (Wildman–Crippen LogP) is 8.53. The lowest BCUT2D eigenvalue weighted by atomic mass is 9.87. The molecule has 2 heterocycles. The molecule has 8 rings (SSSR count). The fourth-order valence-electron chi connectivity index (χ4n) is 11.0. The zero-order valence-electron chi connectivity index (χ0n) is 60.8. The van der Waals surface area contributed by atoms with Crippen molar-refractivity contribution in [3.63, 3.8) is 0 Å². The third-order valence-corrected chi connectivity index (χ3v) is 16.3. The average Bonchev–Trinajstić information content (AvgIpc) is 0.795. The third kappa shape index (κ3) is 25.5. The molecule has 2 aromatic heterocycles. The van der Waals surface area contributed by atoms with E-state index in [9.17, 15) is 58.8 Å². The van der Waals surface area contributed by atoms with Crippen molar-refractivity contribution < 1.29 is 101 Å². The summed E-state index contributed by atoms with van der Waals surface area (Å²) >= 11 is 0. The predicted molar refractivity (Wildman–Crippen MR) is 392 cm³/mol. The number of phenolic OH excluding ortho intramolecular Hbond substituents is 2. The van der Waals surface area contributed by atoms with Gasteiger partial charge in [0.1, 0.15) is 52.8 Å². The molecule has 0 fully saturated rings. The van der Waals surface area contributed by atoms with Crippen LogP contribution in [0.5, 0.6) is 11.5 Å². The van der Waals surface area contributed by atoms with Crippen LogP contribution in [0.3, 0.4) is 0 Å². The maximum Gasteiger partial charge on any atom is 0.416 e. The second-order valence-electron chi connectivity index (χ2n) is 27.0. The summed E-state index contributed by atoms with van der Waals surface area (Å²) in [7, 11) is 2.66. The maximum absolute atomic E-state index is 13.6. The molecular weight excluding hydrogens is 1350 g/mol. The molecule has 25 heteroatoms. The molecule has 6 aromatic carbocycles. The molecule has 0 bridgehead atoms. The molecule has 0 unspecified atom stereocenters. The number of Topliss-reactive ketones (excluding diaryl/α,β-unsaturated/α-hetero) is 1. The van der Waals surface area contributed by atoms with E-state index >= 15 is 0 Å². The van der Waals surface area contributed by atoms with Gasteiger partial charge in [0.15, 0.2) is 11.8 Å². The number of aliphatic hydroxyl groups is 2. The van der Waals surface area contributed by atoms with Crippen LogP contribution in [0, 0.1) is 13.8 Å². The van der Waals surface area contributed by atoms with Crippen LogP contribution in [-0.4, -0.2) is 146 Å². The van der Waals surface area contributed by atoms with Gasteiger partial charge in [-0.25, -0.2) is 24.4 Å². The summed E-state index contributed by atoms with van der Waals surface area (Å²) in [6.45, 7) is 17.3. The SMILES string of the molecule is COC(=O)C[C@H](CC(=O)[C@@H](NC(=O)CCCN(C(=O)OC(C)(C)C)c1cc(C)ccn1)[C@@H](C)O)c1ccc(-c2ccc(O)c3ccccc23)cc1.COC(=O)C[C@H]([NH3+])c1ccc(-c2ccc(O)c3ccccc23)cc1.Cc1ccnc(N(CCCC(=O)N[C@H](C(=O)O)[C@@H](C)O)C(=O)OC(C)(C)C)c1.[Cl-]. The summed E-state index contributed by atoms with van der Waals surface area (Å²) in [5, 5.41) is 57.7. The zero-order chi connectivity index (χ0) is 75.9. The van der Waals surface area contributed by atoms with Crippen LogP contribution in [0.1, 0.15) is 135 Å². The number of rotatable bonds is 26. The Kier molecular flexibility index (Phi) is 31.7. The van der Waals surface area contributed by atoms with E-state index in [1.165, 1.54) is 37.9 Å². The summed E-state index contributed by atoms with van der Waals surface area (Å²) in [5.41, 5.74) is 10.0. The van der Waals surface area contributed by atoms with Gasteiger partial charge >= 0.3 is 30.1 Å². The van der Waals surface area contributed by atoms with Crippen molar-refractivity contribution in [1.82, 2.24) is 20.6 Å². The average molecular weight is 1450 g/mol. The van der Waals surface area contributed by atoms with Crippen LogP contribution >= 0.6 is 0 Å². The highest BCUT2D eigenvalue weighted by molar-refractivity contribution is 6.01. The quantitative estimate of drug-likeness (QED) is 0.0186. The number of carbonyl (C=O) groups excluding carboxylic acids is 7. The van der Waals surface area contributed by atoms with Crippen molar-refractivity contribution in [1.29, 1.82) is 0 Å². The number of nitrogens with one attached hydrogen (secondary N) is 2.